The summed E-state index contributed by atoms with van der Waals surface area (Å²) >= 11 is 6.38. The van der Waals surface area contributed by atoms with Crippen LogP contribution in [0.15, 0.2) is 152 Å². The van der Waals surface area contributed by atoms with E-state index in [1.165, 1.54) is 44.5 Å². The fourth-order valence-electron chi connectivity index (χ4n) is 6.17. The van der Waals surface area contributed by atoms with Crippen molar-refractivity contribution in [2.24, 2.45) is 0 Å². The molecule has 0 spiro atoms. The van der Waals surface area contributed by atoms with Crippen molar-refractivity contribution in [2.75, 3.05) is 0 Å². The van der Waals surface area contributed by atoms with E-state index in [4.69, 9.17) is 11.6 Å². The molecule has 38 heavy (non-hydrogen) atoms. The van der Waals surface area contributed by atoms with Crippen LogP contribution in [-0.4, -0.2) is 0 Å². The highest BCUT2D eigenvalue weighted by Crippen LogP contribution is 2.56. The molecule has 1 aliphatic carbocycles. The minimum atomic E-state index is -0.434. The smallest absolute Gasteiger partial charge is 0.0713 e. The molecule has 0 saturated carbocycles. The molecule has 0 heterocycles. The molecule has 1 unspecified atom stereocenters. The maximum Gasteiger partial charge on any atom is 0.0713 e. The van der Waals surface area contributed by atoms with Crippen molar-refractivity contribution in [2.45, 2.75) is 5.41 Å². The van der Waals surface area contributed by atoms with Gasteiger partial charge in [-0.15, -0.1) is 0 Å². The summed E-state index contributed by atoms with van der Waals surface area (Å²) in [7, 11) is 0. The second kappa shape index (κ2) is 9.17. The molecule has 1 heteroatoms. The number of hydrogen-bond donors (Lipinski definition) is 0. The summed E-state index contributed by atoms with van der Waals surface area (Å²) < 4.78 is 0. The molecule has 0 aromatic heterocycles. The third kappa shape index (κ3) is 3.53. The van der Waals surface area contributed by atoms with Gasteiger partial charge in [0.15, 0.2) is 0 Å². The summed E-state index contributed by atoms with van der Waals surface area (Å²) in [6.45, 7) is 0. The van der Waals surface area contributed by atoms with Gasteiger partial charge in [-0.25, -0.2) is 0 Å². The third-order valence-electron chi connectivity index (χ3n) is 7.81. The Labute approximate surface area is 228 Å². The quantitative estimate of drug-likeness (QED) is 0.223. The summed E-state index contributed by atoms with van der Waals surface area (Å²) in [5.41, 5.74) is 12.0. The molecular formula is C37H25Cl. The van der Waals surface area contributed by atoms with Crippen LogP contribution in [0.25, 0.3) is 33.4 Å². The van der Waals surface area contributed by atoms with Crippen LogP contribution in [0.4, 0.5) is 0 Å². The first-order valence-electron chi connectivity index (χ1n) is 13.0. The predicted octanol–water partition coefficient (Wildman–Crippen LogP) is 10.0. The van der Waals surface area contributed by atoms with Crippen LogP contribution in [0.5, 0.6) is 0 Å². The first-order valence-corrected chi connectivity index (χ1v) is 13.3. The Morgan fingerprint density at radius 1 is 0.368 bits per heavy atom. The molecule has 0 radical (unpaired) electrons. The van der Waals surface area contributed by atoms with Gasteiger partial charge in [-0.3, -0.25) is 0 Å². The molecule has 0 bridgehead atoms. The van der Waals surface area contributed by atoms with E-state index in [0.29, 0.717) is 0 Å². The van der Waals surface area contributed by atoms with Crippen LogP contribution in [0.2, 0.25) is 5.02 Å². The number of rotatable bonds is 4. The monoisotopic (exact) mass is 504 g/mol. The van der Waals surface area contributed by atoms with Gasteiger partial charge in [-0.1, -0.05) is 139 Å². The van der Waals surface area contributed by atoms with Crippen LogP contribution < -0.4 is 0 Å². The number of benzene rings is 6. The Hall–Kier alpha value is -4.39. The molecular weight excluding hydrogens is 480 g/mol. The standard InChI is InChI=1S/C37H25Cl/c38-32-18-10-14-28(24-32)27-13-9-17-31(23-27)37(30-15-5-2-6-16-30)35-20-8-7-19-33(35)34-25-29(21-22-36(34)37)26-11-3-1-4-12-26/h1-25H. The zero-order valence-electron chi connectivity index (χ0n) is 20.8. The molecule has 0 saturated heterocycles. The Bertz CT molecular complexity index is 1770. The third-order valence-corrected chi connectivity index (χ3v) is 8.05. The Morgan fingerprint density at radius 2 is 0.947 bits per heavy atom. The molecule has 0 amide bonds. The zero-order chi connectivity index (χ0) is 25.5. The lowest BCUT2D eigenvalue weighted by Gasteiger charge is -2.34. The molecule has 7 rings (SSSR count). The van der Waals surface area contributed by atoms with Crippen molar-refractivity contribution >= 4 is 11.6 Å². The lowest BCUT2D eigenvalue weighted by molar-refractivity contribution is 0.769. The fraction of sp³-hybridized carbons (Fsp3) is 0.0270. The Morgan fingerprint density at radius 3 is 1.74 bits per heavy atom. The van der Waals surface area contributed by atoms with Gasteiger partial charge < -0.3 is 0 Å². The average Bonchev–Trinajstić information content (AvgIpc) is 3.29. The van der Waals surface area contributed by atoms with Crippen molar-refractivity contribution in [3.8, 4) is 33.4 Å². The molecule has 0 aliphatic heterocycles. The summed E-state index contributed by atoms with van der Waals surface area (Å²) in [5.74, 6) is 0. The average molecular weight is 505 g/mol. The largest absolute Gasteiger partial charge is 0.0843 e. The van der Waals surface area contributed by atoms with Gasteiger partial charge in [0.25, 0.3) is 0 Å². The van der Waals surface area contributed by atoms with Crippen LogP contribution in [0, 0.1) is 0 Å². The summed E-state index contributed by atoms with van der Waals surface area (Å²) in [6.07, 6.45) is 0. The van der Waals surface area contributed by atoms with Gasteiger partial charge in [0.05, 0.1) is 5.41 Å². The fourth-order valence-corrected chi connectivity index (χ4v) is 6.36. The van der Waals surface area contributed by atoms with Crippen molar-refractivity contribution in [1.82, 2.24) is 0 Å². The van der Waals surface area contributed by atoms with Crippen LogP contribution in [0.1, 0.15) is 22.3 Å². The maximum atomic E-state index is 6.38. The van der Waals surface area contributed by atoms with E-state index < -0.39 is 5.41 Å². The molecule has 1 aliphatic rings. The minimum Gasteiger partial charge on any atom is -0.0843 e. The van der Waals surface area contributed by atoms with Crippen molar-refractivity contribution in [1.29, 1.82) is 0 Å². The lowest BCUT2D eigenvalue weighted by Crippen LogP contribution is -2.28. The molecule has 1 atom stereocenters. The molecule has 6 aromatic rings. The van der Waals surface area contributed by atoms with Gasteiger partial charge in [-0.05, 0) is 79.9 Å². The first-order chi connectivity index (χ1) is 18.7. The first kappa shape index (κ1) is 22.8. The van der Waals surface area contributed by atoms with Gasteiger partial charge in [0, 0.05) is 5.02 Å². The molecule has 0 fully saturated rings. The van der Waals surface area contributed by atoms with Crippen molar-refractivity contribution in [3.05, 3.63) is 179 Å². The van der Waals surface area contributed by atoms with Crippen LogP contribution in [0.3, 0.4) is 0 Å². The molecule has 180 valence electrons. The molecule has 0 nitrogen and oxygen atoms in total. The van der Waals surface area contributed by atoms with Gasteiger partial charge in [-0.2, -0.15) is 0 Å². The SMILES string of the molecule is Clc1cccc(-c2cccc(C3(c4ccccc4)c4ccccc4-c4cc(-c5ccccc5)ccc43)c2)c1. The second-order valence-electron chi connectivity index (χ2n) is 9.88. The number of halogens is 1. The summed E-state index contributed by atoms with van der Waals surface area (Å²) in [5, 5.41) is 0.746. The highest BCUT2D eigenvalue weighted by atomic mass is 35.5. The van der Waals surface area contributed by atoms with E-state index in [1.54, 1.807) is 0 Å². The van der Waals surface area contributed by atoms with E-state index in [9.17, 15) is 0 Å². The van der Waals surface area contributed by atoms with E-state index in [1.807, 2.05) is 18.2 Å². The van der Waals surface area contributed by atoms with E-state index in [0.717, 1.165) is 16.1 Å². The van der Waals surface area contributed by atoms with Crippen molar-refractivity contribution in [3.63, 3.8) is 0 Å². The van der Waals surface area contributed by atoms with Crippen molar-refractivity contribution < 1.29 is 0 Å². The van der Waals surface area contributed by atoms with E-state index >= 15 is 0 Å². The maximum absolute atomic E-state index is 6.38. The van der Waals surface area contributed by atoms with Gasteiger partial charge in [0.2, 0.25) is 0 Å². The van der Waals surface area contributed by atoms with Crippen LogP contribution in [-0.2, 0) is 5.41 Å². The molecule has 6 aromatic carbocycles. The molecule has 0 N–H and O–H groups in total. The normalized spacial score (nSPS) is 15.6. The Balaban J connectivity index is 1.54. The second-order valence-corrected chi connectivity index (χ2v) is 10.3. The Kier molecular flexibility index (Phi) is 5.50. The number of hydrogen-bond acceptors (Lipinski definition) is 0. The number of fused-ring (bicyclic) bond motifs is 3. The highest BCUT2D eigenvalue weighted by Gasteiger charge is 2.46. The predicted molar refractivity (Wildman–Crippen MR) is 160 cm³/mol. The van der Waals surface area contributed by atoms with Crippen LogP contribution >= 0.6 is 11.6 Å². The van der Waals surface area contributed by atoms with E-state index in [-0.39, 0.29) is 0 Å². The van der Waals surface area contributed by atoms with Gasteiger partial charge in [0.1, 0.15) is 0 Å². The van der Waals surface area contributed by atoms with E-state index in [2.05, 4.69) is 133 Å². The highest BCUT2D eigenvalue weighted by molar-refractivity contribution is 6.30. The zero-order valence-corrected chi connectivity index (χ0v) is 21.6. The summed E-state index contributed by atoms with van der Waals surface area (Å²) in [4.78, 5) is 0. The minimum absolute atomic E-state index is 0.434. The van der Waals surface area contributed by atoms with Gasteiger partial charge >= 0.3 is 0 Å². The lowest BCUT2D eigenvalue weighted by atomic mass is 9.67. The summed E-state index contributed by atoms with van der Waals surface area (Å²) in [6, 6.07) is 54.5. The topological polar surface area (TPSA) is 0 Å².